The molecule has 0 spiro atoms. The van der Waals surface area contributed by atoms with Crippen molar-refractivity contribution in [1.29, 1.82) is 0 Å². The van der Waals surface area contributed by atoms with E-state index in [9.17, 15) is 9.90 Å². The Labute approximate surface area is 126 Å². The van der Waals surface area contributed by atoms with Crippen LogP contribution in [0.15, 0.2) is 29.4 Å². The van der Waals surface area contributed by atoms with E-state index in [4.69, 9.17) is 4.74 Å². The molecule has 1 N–H and O–H groups in total. The smallest absolute Gasteiger partial charge is 0.209 e. The zero-order chi connectivity index (χ0) is 15.1. The Kier molecular flexibility index (Phi) is 5.62. The monoisotopic (exact) mass is 306 g/mol. The van der Waals surface area contributed by atoms with Gasteiger partial charge in [-0.05, 0) is 18.6 Å². The molecule has 0 aliphatic rings. The number of unbranched alkanes of at least 4 members (excludes halogenated alkanes) is 1. The number of nitrogens with one attached hydrogen (secondary N) is 1. The Morgan fingerprint density at radius 1 is 1.43 bits per heavy atom. The van der Waals surface area contributed by atoms with Crippen LogP contribution >= 0.6 is 11.8 Å². The fourth-order valence-corrected chi connectivity index (χ4v) is 2.18. The van der Waals surface area contributed by atoms with Crippen LogP contribution in [0.5, 0.6) is 5.75 Å². The standard InChI is InChI=1S/C14H17N3O3S/c1-2-3-8-20-11-7-5-4-6-10(11)13-15-14(17-16-13)21-9-12(18)19/h4-7H,2-3,8-9H2,1H3,(H,18,19)(H,15,16,17)/p-1. The first-order valence-electron chi connectivity index (χ1n) is 6.68. The molecule has 0 aliphatic carbocycles. The van der Waals surface area contributed by atoms with Gasteiger partial charge in [-0.1, -0.05) is 37.2 Å². The van der Waals surface area contributed by atoms with Gasteiger partial charge in [0, 0.05) is 5.75 Å². The van der Waals surface area contributed by atoms with E-state index in [1.165, 1.54) is 0 Å². The molecule has 0 saturated carbocycles. The predicted octanol–water partition coefficient (Wildman–Crippen LogP) is 1.49. The lowest BCUT2D eigenvalue weighted by atomic mass is 10.2. The molecule has 0 fully saturated rings. The van der Waals surface area contributed by atoms with Gasteiger partial charge in [0.15, 0.2) is 5.82 Å². The van der Waals surface area contributed by atoms with Crippen LogP contribution in [-0.2, 0) is 4.79 Å². The first-order valence-corrected chi connectivity index (χ1v) is 7.66. The third kappa shape index (κ3) is 4.49. The number of H-pyrrole nitrogens is 1. The van der Waals surface area contributed by atoms with Crippen molar-refractivity contribution in [2.75, 3.05) is 12.4 Å². The summed E-state index contributed by atoms with van der Waals surface area (Å²) in [5.41, 5.74) is 0.807. The van der Waals surface area contributed by atoms with E-state index in [1.807, 2.05) is 24.3 Å². The zero-order valence-electron chi connectivity index (χ0n) is 11.7. The summed E-state index contributed by atoms with van der Waals surface area (Å²) in [7, 11) is 0. The number of benzene rings is 1. The number of aliphatic carboxylic acids is 1. The number of carboxylic acid groups (broad SMARTS) is 1. The van der Waals surface area contributed by atoms with Crippen molar-refractivity contribution in [2.45, 2.75) is 24.9 Å². The largest absolute Gasteiger partial charge is 0.549 e. The number of hydrogen-bond acceptors (Lipinski definition) is 6. The van der Waals surface area contributed by atoms with Crippen molar-refractivity contribution < 1.29 is 14.6 Å². The molecule has 1 aromatic heterocycles. The van der Waals surface area contributed by atoms with Gasteiger partial charge in [-0.25, -0.2) is 4.98 Å². The molecular weight excluding hydrogens is 290 g/mol. The van der Waals surface area contributed by atoms with E-state index in [2.05, 4.69) is 22.1 Å². The van der Waals surface area contributed by atoms with Crippen molar-refractivity contribution in [3.63, 3.8) is 0 Å². The van der Waals surface area contributed by atoms with Crippen LogP contribution in [0.4, 0.5) is 0 Å². The minimum absolute atomic E-state index is 0.175. The fourth-order valence-electron chi connectivity index (χ4n) is 1.67. The summed E-state index contributed by atoms with van der Waals surface area (Å²) in [5, 5.41) is 17.6. The maximum atomic E-state index is 10.4. The average molecular weight is 306 g/mol. The van der Waals surface area contributed by atoms with Gasteiger partial charge in [0.25, 0.3) is 0 Å². The van der Waals surface area contributed by atoms with Crippen LogP contribution in [0, 0.1) is 0 Å². The molecule has 0 unspecified atom stereocenters. The average Bonchev–Trinajstić information content (AvgIpc) is 2.95. The van der Waals surface area contributed by atoms with Crippen LogP contribution in [-0.4, -0.2) is 33.5 Å². The summed E-state index contributed by atoms with van der Waals surface area (Å²) in [6.45, 7) is 2.75. The van der Waals surface area contributed by atoms with Gasteiger partial charge in [0.1, 0.15) is 5.75 Å². The van der Waals surface area contributed by atoms with E-state index in [1.54, 1.807) is 0 Å². The lowest BCUT2D eigenvalue weighted by molar-refractivity contribution is -0.301. The van der Waals surface area contributed by atoms with E-state index < -0.39 is 5.97 Å². The Morgan fingerprint density at radius 2 is 2.24 bits per heavy atom. The van der Waals surface area contributed by atoms with E-state index >= 15 is 0 Å². The highest BCUT2D eigenvalue weighted by atomic mass is 32.2. The molecule has 2 aromatic rings. The number of hydrogen-bond donors (Lipinski definition) is 1. The summed E-state index contributed by atoms with van der Waals surface area (Å²) in [6.07, 6.45) is 2.05. The molecule has 0 amide bonds. The maximum Gasteiger partial charge on any atom is 0.209 e. The quantitative estimate of drug-likeness (QED) is 0.587. The van der Waals surface area contributed by atoms with Crippen LogP contribution in [0.2, 0.25) is 0 Å². The number of thioether (sulfide) groups is 1. The van der Waals surface area contributed by atoms with Crippen molar-refractivity contribution in [3.8, 4) is 17.1 Å². The van der Waals surface area contributed by atoms with Gasteiger partial charge in [-0.2, -0.15) is 0 Å². The number of nitrogens with zero attached hydrogens (tertiary/aromatic N) is 2. The SMILES string of the molecule is CCCCOc1ccccc1-c1nc(SCC(=O)[O-])n[nH]1. The molecule has 0 saturated heterocycles. The van der Waals surface area contributed by atoms with Crippen molar-refractivity contribution in [1.82, 2.24) is 15.2 Å². The van der Waals surface area contributed by atoms with Crippen molar-refractivity contribution in [3.05, 3.63) is 24.3 Å². The third-order valence-corrected chi connectivity index (χ3v) is 3.50. The lowest BCUT2D eigenvalue weighted by Crippen LogP contribution is -2.24. The molecule has 2 rings (SSSR count). The first-order chi connectivity index (χ1) is 10.2. The Bertz CT molecular complexity index is 601. The van der Waals surface area contributed by atoms with E-state index in [-0.39, 0.29) is 5.75 Å². The van der Waals surface area contributed by atoms with Crippen molar-refractivity contribution >= 4 is 17.7 Å². The van der Waals surface area contributed by atoms with Crippen LogP contribution < -0.4 is 9.84 Å². The molecular formula is C14H16N3O3S-. The van der Waals surface area contributed by atoms with E-state index in [0.29, 0.717) is 17.6 Å². The second-order valence-electron chi connectivity index (χ2n) is 4.33. The molecule has 0 radical (unpaired) electrons. The molecule has 0 bridgehead atoms. The number of carboxylic acids is 1. The second-order valence-corrected chi connectivity index (χ2v) is 5.27. The Hall–Kier alpha value is -2.02. The van der Waals surface area contributed by atoms with Gasteiger partial charge in [-0.15, -0.1) is 5.10 Å². The number of aromatic nitrogens is 3. The number of ether oxygens (including phenoxy) is 1. The number of carbonyl (C=O) groups excluding carboxylic acids is 1. The molecule has 0 aliphatic heterocycles. The summed E-state index contributed by atoms with van der Waals surface area (Å²) < 4.78 is 5.74. The number of para-hydroxylation sites is 1. The lowest BCUT2D eigenvalue weighted by Gasteiger charge is -2.08. The molecule has 1 heterocycles. The fraction of sp³-hybridized carbons (Fsp3) is 0.357. The van der Waals surface area contributed by atoms with Gasteiger partial charge in [-0.3, -0.25) is 5.10 Å². The molecule has 21 heavy (non-hydrogen) atoms. The van der Waals surface area contributed by atoms with Crippen molar-refractivity contribution in [2.24, 2.45) is 0 Å². The summed E-state index contributed by atoms with van der Waals surface area (Å²) in [5.74, 6) is -0.0255. The molecule has 1 aromatic carbocycles. The highest BCUT2D eigenvalue weighted by Crippen LogP contribution is 2.28. The van der Waals surface area contributed by atoms with Crippen LogP contribution in [0.3, 0.4) is 0 Å². The van der Waals surface area contributed by atoms with Crippen LogP contribution in [0.25, 0.3) is 11.4 Å². The Balaban J connectivity index is 2.12. The number of aromatic amines is 1. The number of carbonyl (C=O) groups is 1. The second kappa shape index (κ2) is 7.68. The van der Waals surface area contributed by atoms with Gasteiger partial charge in [0.05, 0.1) is 18.1 Å². The van der Waals surface area contributed by atoms with Gasteiger partial charge < -0.3 is 14.6 Å². The summed E-state index contributed by atoms with van der Waals surface area (Å²) >= 11 is 1.02. The zero-order valence-corrected chi connectivity index (χ0v) is 12.5. The Morgan fingerprint density at radius 3 is 3.00 bits per heavy atom. The summed E-state index contributed by atoms with van der Waals surface area (Å²) in [6, 6.07) is 7.54. The minimum Gasteiger partial charge on any atom is -0.549 e. The minimum atomic E-state index is -1.14. The van der Waals surface area contributed by atoms with Crippen LogP contribution in [0.1, 0.15) is 19.8 Å². The topological polar surface area (TPSA) is 90.9 Å². The highest BCUT2D eigenvalue weighted by Gasteiger charge is 2.11. The van der Waals surface area contributed by atoms with Gasteiger partial charge in [0.2, 0.25) is 5.16 Å². The normalized spacial score (nSPS) is 10.5. The maximum absolute atomic E-state index is 10.4. The van der Waals surface area contributed by atoms with Gasteiger partial charge >= 0.3 is 0 Å². The molecule has 0 atom stereocenters. The third-order valence-electron chi connectivity index (χ3n) is 2.68. The number of rotatable bonds is 8. The summed E-state index contributed by atoms with van der Waals surface area (Å²) in [4.78, 5) is 14.7. The first kappa shape index (κ1) is 15.4. The predicted molar refractivity (Wildman–Crippen MR) is 78.0 cm³/mol. The molecule has 112 valence electrons. The molecule has 7 heteroatoms. The van der Waals surface area contributed by atoms with E-state index in [0.717, 1.165) is 35.9 Å². The highest BCUT2D eigenvalue weighted by molar-refractivity contribution is 7.99. The molecule has 6 nitrogen and oxygen atoms in total.